The lowest BCUT2D eigenvalue weighted by molar-refractivity contribution is -0.131. The maximum Gasteiger partial charge on any atom is 0.223 e. The van der Waals surface area contributed by atoms with Gasteiger partial charge >= 0.3 is 0 Å². The molecule has 3 aromatic rings. The summed E-state index contributed by atoms with van der Waals surface area (Å²) in [5, 5.41) is 0.868. The third kappa shape index (κ3) is 3.96. The van der Waals surface area contributed by atoms with Crippen molar-refractivity contribution in [1.29, 1.82) is 0 Å². The SMILES string of the molecule is C[C@@H](c1nc2ccccc2s1)N(C)C(=O)CCC(=O)c1ccc(F)cc1. The van der Waals surface area contributed by atoms with Gasteiger partial charge in [0.25, 0.3) is 0 Å². The van der Waals surface area contributed by atoms with Crippen LogP contribution in [-0.2, 0) is 4.79 Å². The third-order valence-electron chi connectivity index (χ3n) is 4.37. The van der Waals surface area contributed by atoms with Crippen LogP contribution in [0.25, 0.3) is 10.2 Å². The summed E-state index contributed by atoms with van der Waals surface area (Å²) in [5.74, 6) is -0.673. The molecule has 1 atom stereocenters. The van der Waals surface area contributed by atoms with Crippen molar-refractivity contribution in [2.45, 2.75) is 25.8 Å². The second-order valence-electron chi connectivity index (χ2n) is 6.13. The highest BCUT2D eigenvalue weighted by molar-refractivity contribution is 7.18. The molecule has 134 valence electrons. The van der Waals surface area contributed by atoms with Crippen LogP contribution in [0, 0.1) is 5.82 Å². The number of thiazole rings is 1. The van der Waals surface area contributed by atoms with Gasteiger partial charge in [-0.2, -0.15) is 0 Å². The Morgan fingerprint density at radius 3 is 2.50 bits per heavy atom. The van der Waals surface area contributed by atoms with Crippen molar-refractivity contribution in [2.24, 2.45) is 0 Å². The van der Waals surface area contributed by atoms with Crippen molar-refractivity contribution in [1.82, 2.24) is 9.88 Å². The number of aromatic nitrogens is 1. The molecule has 0 radical (unpaired) electrons. The highest BCUT2D eigenvalue weighted by Crippen LogP contribution is 2.29. The van der Waals surface area contributed by atoms with E-state index >= 15 is 0 Å². The van der Waals surface area contributed by atoms with E-state index in [1.807, 2.05) is 31.2 Å². The fourth-order valence-electron chi connectivity index (χ4n) is 2.63. The number of hydrogen-bond acceptors (Lipinski definition) is 4. The van der Waals surface area contributed by atoms with E-state index in [2.05, 4.69) is 4.98 Å². The van der Waals surface area contributed by atoms with Crippen molar-refractivity contribution in [3.8, 4) is 0 Å². The number of fused-ring (bicyclic) bond motifs is 1. The van der Waals surface area contributed by atoms with E-state index in [0.29, 0.717) is 5.56 Å². The first-order valence-electron chi connectivity index (χ1n) is 8.35. The summed E-state index contributed by atoms with van der Waals surface area (Å²) < 4.78 is 14.0. The molecule has 26 heavy (non-hydrogen) atoms. The summed E-state index contributed by atoms with van der Waals surface area (Å²) in [4.78, 5) is 30.8. The number of nitrogens with zero attached hydrogens (tertiary/aromatic N) is 2. The van der Waals surface area contributed by atoms with Crippen molar-refractivity contribution in [3.63, 3.8) is 0 Å². The van der Waals surface area contributed by atoms with Gasteiger partial charge in [0, 0.05) is 25.5 Å². The van der Waals surface area contributed by atoms with E-state index in [1.165, 1.54) is 24.3 Å². The first-order valence-corrected chi connectivity index (χ1v) is 9.17. The van der Waals surface area contributed by atoms with Gasteiger partial charge in [-0.1, -0.05) is 12.1 Å². The van der Waals surface area contributed by atoms with Crippen LogP contribution in [0.5, 0.6) is 0 Å². The molecule has 0 fully saturated rings. The largest absolute Gasteiger partial charge is 0.337 e. The summed E-state index contributed by atoms with van der Waals surface area (Å²) in [5.41, 5.74) is 1.34. The quantitative estimate of drug-likeness (QED) is 0.595. The van der Waals surface area contributed by atoms with Gasteiger partial charge in [-0.05, 0) is 43.3 Å². The molecule has 4 nitrogen and oxygen atoms in total. The molecule has 2 aromatic carbocycles. The summed E-state index contributed by atoms with van der Waals surface area (Å²) in [6.07, 6.45) is 0.212. The fraction of sp³-hybridized carbons (Fsp3) is 0.250. The predicted octanol–water partition coefficient (Wildman–Crippen LogP) is 4.62. The first-order chi connectivity index (χ1) is 12.5. The summed E-state index contributed by atoms with van der Waals surface area (Å²) in [7, 11) is 1.72. The highest BCUT2D eigenvalue weighted by atomic mass is 32.1. The number of carbonyl (C=O) groups is 2. The molecule has 0 spiro atoms. The molecule has 6 heteroatoms. The minimum Gasteiger partial charge on any atom is -0.337 e. The van der Waals surface area contributed by atoms with Crippen LogP contribution in [0.3, 0.4) is 0 Å². The van der Waals surface area contributed by atoms with Gasteiger partial charge in [0.2, 0.25) is 5.91 Å². The Bertz CT molecular complexity index is 903. The number of hydrogen-bond donors (Lipinski definition) is 0. The standard InChI is InChI=1S/C20H19FN2O2S/c1-13(20-22-16-5-3-4-6-18(16)26-20)23(2)19(25)12-11-17(24)14-7-9-15(21)10-8-14/h3-10,13H,11-12H2,1-2H3/t13-/m0/s1. The molecule has 1 heterocycles. The average Bonchev–Trinajstić information content (AvgIpc) is 3.09. The lowest BCUT2D eigenvalue weighted by Crippen LogP contribution is -2.29. The summed E-state index contributed by atoms with van der Waals surface area (Å²) >= 11 is 1.57. The Balaban J connectivity index is 1.61. The second kappa shape index (κ2) is 7.74. The molecule has 0 bridgehead atoms. The van der Waals surface area contributed by atoms with Gasteiger partial charge < -0.3 is 4.90 Å². The summed E-state index contributed by atoms with van der Waals surface area (Å²) in [6, 6.07) is 13.1. The van der Waals surface area contributed by atoms with Crippen molar-refractivity contribution in [3.05, 3.63) is 64.9 Å². The van der Waals surface area contributed by atoms with Crippen molar-refractivity contribution < 1.29 is 14.0 Å². The minimum atomic E-state index is -0.387. The molecule has 0 saturated heterocycles. The van der Waals surface area contributed by atoms with Crippen LogP contribution < -0.4 is 0 Å². The Morgan fingerprint density at radius 1 is 1.12 bits per heavy atom. The van der Waals surface area contributed by atoms with E-state index in [-0.39, 0.29) is 36.4 Å². The minimum absolute atomic E-state index is 0.0986. The van der Waals surface area contributed by atoms with Crippen molar-refractivity contribution >= 4 is 33.2 Å². The molecule has 3 rings (SSSR count). The number of ketones is 1. The molecule has 1 aromatic heterocycles. The van der Waals surface area contributed by atoms with Crippen LogP contribution >= 0.6 is 11.3 Å². The van der Waals surface area contributed by atoms with Crippen LogP contribution in [0.2, 0.25) is 0 Å². The maximum atomic E-state index is 12.9. The number of halogens is 1. The molecule has 0 saturated carbocycles. The van der Waals surface area contributed by atoms with E-state index in [1.54, 1.807) is 23.3 Å². The molecule has 0 N–H and O–H groups in total. The van der Waals surface area contributed by atoms with E-state index < -0.39 is 0 Å². The highest BCUT2D eigenvalue weighted by Gasteiger charge is 2.21. The number of Topliss-reactive ketones (excluding diaryl/α,β-unsaturated/α-hetero) is 1. The number of benzene rings is 2. The first kappa shape index (κ1) is 18.2. The number of para-hydroxylation sites is 1. The molecule has 0 aliphatic rings. The van der Waals surface area contributed by atoms with Crippen molar-refractivity contribution in [2.75, 3.05) is 7.05 Å². The molecule has 0 aliphatic carbocycles. The zero-order valence-corrected chi connectivity index (χ0v) is 15.4. The Labute approximate surface area is 155 Å². The molecule has 0 aliphatic heterocycles. The zero-order valence-electron chi connectivity index (χ0n) is 14.6. The monoisotopic (exact) mass is 370 g/mol. The van der Waals surface area contributed by atoms with Crippen LogP contribution in [0.4, 0.5) is 4.39 Å². The molecular weight excluding hydrogens is 351 g/mol. The van der Waals surface area contributed by atoms with Gasteiger partial charge in [-0.3, -0.25) is 9.59 Å². The van der Waals surface area contributed by atoms with Gasteiger partial charge in [-0.25, -0.2) is 9.37 Å². The van der Waals surface area contributed by atoms with Gasteiger partial charge in [0.15, 0.2) is 5.78 Å². The molecule has 1 amide bonds. The van der Waals surface area contributed by atoms with E-state index in [9.17, 15) is 14.0 Å². The van der Waals surface area contributed by atoms with E-state index in [4.69, 9.17) is 0 Å². The number of rotatable bonds is 6. The Morgan fingerprint density at radius 2 is 1.81 bits per heavy atom. The predicted molar refractivity (Wildman–Crippen MR) is 101 cm³/mol. The number of carbonyl (C=O) groups excluding carboxylic acids is 2. The summed E-state index contributed by atoms with van der Waals surface area (Å²) in [6.45, 7) is 1.93. The topological polar surface area (TPSA) is 50.3 Å². The van der Waals surface area contributed by atoms with Gasteiger partial charge in [-0.15, -0.1) is 11.3 Å². The van der Waals surface area contributed by atoms with Gasteiger partial charge in [0.05, 0.1) is 16.3 Å². The average molecular weight is 370 g/mol. The van der Waals surface area contributed by atoms with E-state index in [0.717, 1.165) is 15.2 Å². The Kier molecular flexibility index (Phi) is 5.42. The maximum absolute atomic E-state index is 12.9. The van der Waals surface area contributed by atoms with Crippen LogP contribution in [0.1, 0.15) is 41.2 Å². The zero-order chi connectivity index (χ0) is 18.7. The fourth-order valence-corrected chi connectivity index (χ4v) is 3.69. The Hall–Kier alpha value is -2.60. The second-order valence-corrected chi connectivity index (χ2v) is 7.19. The lowest BCUT2D eigenvalue weighted by atomic mass is 10.1. The third-order valence-corrected chi connectivity index (χ3v) is 5.58. The normalized spacial score (nSPS) is 12.1. The smallest absolute Gasteiger partial charge is 0.223 e. The lowest BCUT2D eigenvalue weighted by Gasteiger charge is -2.23. The molecular formula is C20H19FN2O2S. The van der Waals surface area contributed by atoms with Gasteiger partial charge in [0.1, 0.15) is 10.8 Å². The van der Waals surface area contributed by atoms with Crippen LogP contribution in [0.15, 0.2) is 48.5 Å². The number of amides is 1. The molecule has 0 unspecified atom stereocenters. The van der Waals surface area contributed by atoms with Crippen LogP contribution in [-0.4, -0.2) is 28.6 Å².